The SMILES string of the molecule is CCCCCCP(C)(=O)OCC. The lowest BCUT2D eigenvalue weighted by atomic mass is 10.2. The lowest BCUT2D eigenvalue weighted by Crippen LogP contribution is -1.93. The van der Waals surface area contributed by atoms with Gasteiger partial charge in [0.1, 0.15) is 0 Å². The molecule has 0 fully saturated rings. The van der Waals surface area contributed by atoms with E-state index in [1.54, 1.807) is 6.66 Å². The van der Waals surface area contributed by atoms with Crippen molar-refractivity contribution >= 4 is 7.37 Å². The summed E-state index contributed by atoms with van der Waals surface area (Å²) in [4.78, 5) is 0. The van der Waals surface area contributed by atoms with Gasteiger partial charge in [-0.2, -0.15) is 0 Å². The number of rotatable bonds is 7. The van der Waals surface area contributed by atoms with Gasteiger partial charge in [-0.25, -0.2) is 0 Å². The average Bonchev–Trinajstić information content (AvgIpc) is 1.98. The molecule has 0 saturated carbocycles. The molecule has 0 aromatic rings. The Balaban J connectivity index is 3.41. The predicted molar refractivity (Wildman–Crippen MR) is 54.2 cm³/mol. The molecular formula is C9H21O2P. The van der Waals surface area contributed by atoms with Gasteiger partial charge in [-0.1, -0.05) is 26.2 Å². The minimum Gasteiger partial charge on any atom is -0.329 e. The van der Waals surface area contributed by atoms with Crippen LogP contribution in [0.1, 0.15) is 39.5 Å². The van der Waals surface area contributed by atoms with Crippen molar-refractivity contribution in [2.75, 3.05) is 19.4 Å². The molecule has 0 aliphatic rings. The maximum atomic E-state index is 11.6. The van der Waals surface area contributed by atoms with Crippen LogP contribution in [0.2, 0.25) is 0 Å². The van der Waals surface area contributed by atoms with E-state index < -0.39 is 7.37 Å². The summed E-state index contributed by atoms with van der Waals surface area (Å²) in [6.07, 6.45) is 5.44. The van der Waals surface area contributed by atoms with Gasteiger partial charge >= 0.3 is 0 Å². The third-order valence-corrected chi connectivity index (χ3v) is 3.75. The van der Waals surface area contributed by atoms with Crippen LogP contribution in [0.4, 0.5) is 0 Å². The molecule has 0 aliphatic heterocycles. The normalized spacial score (nSPS) is 15.9. The Morgan fingerprint density at radius 2 is 1.83 bits per heavy atom. The zero-order chi connectivity index (χ0) is 9.45. The second-order valence-corrected chi connectivity index (χ2v) is 5.95. The van der Waals surface area contributed by atoms with Gasteiger partial charge in [0, 0.05) is 12.8 Å². The van der Waals surface area contributed by atoms with Crippen molar-refractivity contribution in [2.45, 2.75) is 39.5 Å². The van der Waals surface area contributed by atoms with Crippen LogP contribution in [0.3, 0.4) is 0 Å². The summed E-state index contributed by atoms with van der Waals surface area (Å²) in [6, 6.07) is 0. The summed E-state index contributed by atoms with van der Waals surface area (Å²) in [5.74, 6) is 0. The van der Waals surface area contributed by atoms with E-state index in [1.807, 2.05) is 6.92 Å². The first kappa shape index (κ1) is 12.2. The highest BCUT2D eigenvalue weighted by molar-refractivity contribution is 7.58. The van der Waals surface area contributed by atoms with E-state index in [4.69, 9.17) is 4.52 Å². The summed E-state index contributed by atoms with van der Waals surface area (Å²) in [5, 5.41) is 0. The summed E-state index contributed by atoms with van der Waals surface area (Å²) in [5.41, 5.74) is 0. The van der Waals surface area contributed by atoms with Gasteiger partial charge in [-0.3, -0.25) is 4.57 Å². The molecule has 0 saturated heterocycles. The van der Waals surface area contributed by atoms with Crippen molar-refractivity contribution in [3.05, 3.63) is 0 Å². The molecule has 0 aromatic heterocycles. The molecule has 0 heterocycles. The molecule has 0 aliphatic carbocycles. The van der Waals surface area contributed by atoms with E-state index in [2.05, 4.69) is 6.92 Å². The molecule has 3 heteroatoms. The zero-order valence-electron chi connectivity index (χ0n) is 8.51. The van der Waals surface area contributed by atoms with E-state index in [-0.39, 0.29) is 0 Å². The number of hydrogen-bond acceptors (Lipinski definition) is 2. The molecule has 0 rings (SSSR count). The number of hydrogen-bond donors (Lipinski definition) is 0. The van der Waals surface area contributed by atoms with E-state index in [1.165, 1.54) is 19.3 Å². The van der Waals surface area contributed by atoms with Gasteiger partial charge in [-0.05, 0) is 13.3 Å². The van der Waals surface area contributed by atoms with Gasteiger partial charge < -0.3 is 4.52 Å². The minimum atomic E-state index is -2.23. The lowest BCUT2D eigenvalue weighted by molar-refractivity contribution is 0.336. The fourth-order valence-electron chi connectivity index (χ4n) is 1.16. The van der Waals surface area contributed by atoms with E-state index in [9.17, 15) is 4.57 Å². The quantitative estimate of drug-likeness (QED) is 0.455. The van der Waals surface area contributed by atoms with Crippen molar-refractivity contribution in [1.29, 1.82) is 0 Å². The molecule has 0 amide bonds. The highest BCUT2D eigenvalue weighted by Gasteiger charge is 2.13. The lowest BCUT2D eigenvalue weighted by Gasteiger charge is -2.11. The third-order valence-electron chi connectivity index (χ3n) is 1.82. The fourth-order valence-corrected chi connectivity index (χ4v) is 2.64. The molecular weight excluding hydrogens is 171 g/mol. The second-order valence-electron chi connectivity index (χ2n) is 3.22. The summed E-state index contributed by atoms with van der Waals surface area (Å²) in [7, 11) is -2.23. The fraction of sp³-hybridized carbons (Fsp3) is 1.00. The Kier molecular flexibility index (Phi) is 6.78. The van der Waals surface area contributed by atoms with Crippen LogP contribution >= 0.6 is 7.37 Å². The summed E-state index contributed by atoms with van der Waals surface area (Å²) >= 11 is 0. The standard InChI is InChI=1S/C9H21O2P/c1-4-6-7-8-9-12(3,10)11-5-2/h4-9H2,1-3H3. The van der Waals surface area contributed by atoms with Crippen LogP contribution in [0.25, 0.3) is 0 Å². The van der Waals surface area contributed by atoms with Gasteiger partial charge in [0.2, 0.25) is 0 Å². The molecule has 0 bridgehead atoms. The molecule has 12 heavy (non-hydrogen) atoms. The average molecular weight is 192 g/mol. The smallest absolute Gasteiger partial charge is 0.200 e. The van der Waals surface area contributed by atoms with Gasteiger partial charge in [0.15, 0.2) is 7.37 Å². The van der Waals surface area contributed by atoms with Crippen LogP contribution in [0.5, 0.6) is 0 Å². The Bertz CT molecular complexity index is 145. The monoisotopic (exact) mass is 192 g/mol. The predicted octanol–water partition coefficient (Wildman–Crippen LogP) is 3.51. The van der Waals surface area contributed by atoms with Crippen LogP contribution in [-0.2, 0) is 9.09 Å². The molecule has 0 N–H and O–H groups in total. The number of unbranched alkanes of at least 4 members (excludes halogenated alkanes) is 3. The molecule has 0 aromatic carbocycles. The van der Waals surface area contributed by atoms with Crippen molar-refractivity contribution in [1.82, 2.24) is 0 Å². The van der Waals surface area contributed by atoms with Gasteiger partial charge in [0.25, 0.3) is 0 Å². The van der Waals surface area contributed by atoms with Crippen LogP contribution in [-0.4, -0.2) is 19.4 Å². The maximum Gasteiger partial charge on any atom is 0.200 e. The van der Waals surface area contributed by atoms with Crippen molar-refractivity contribution in [2.24, 2.45) is 0 Å². The van der Waals surface area contributed by atoms with Crippen LogP contribution in [0.15, 0.2) is 0 Å². The first-order chi connectivity index (χ1) is 5.62. The Morgan fingerprint density at radius 3 is 2.33 bits per heavy atom. The first-order valence-corrected chi connectivity index (χ1v) is 7.09. The Hall–Kier alpha value is 0.190. The van der Waals surface area contributed by atoms with E-state index in [0.29, 0.717) is 6.61 Å². The third kappa shape index (κ3) is 6.87. The maximum absolute atomic E-state index is 11.6. The molecule has 1 atom stereocenters. The van der Waals surface area contributed by atoms with Crippen molar-refractivity contribution in [3.8, 4) is 0 Å². The van der Waals surface area contributed by atoms with Crippen LogP contribution in [0, 0.1) is 0 Å². The molecule has 0 spiro atoms. The van der Waals surface area contributed by atoms with Gasteiger partial charge in [0.05, 0.1) is 6.61 Å². The van der Waals surface area contributed by atoms with Gasteiger partial charge in [-0.15, -0.1) is 0 Å². The Labute approximate surface area is 76.1 Å². The van der Waals surface area contributed by atoms with Crippen LogP contribution < -0.4 is 0 Å². The van der Waals surface area contributed by atoms with E-state index >= 15 is 0 Å². The topological polar surface area (TPSA) is 26.3 Å². The van der Waals surface area contributed by atoms with E-state index in [0.717, 1.165) is 12.6 Å². The molecule has 74 valence electrons. The molecule has 2 nitrogen and oxygen atoms in total. The minimum absolute atomic E-state index is 0.571. The highest BCUT2D eigenvalue weighted by atomic mass is 31.2. The summed E-state index contributed by atoms with van der Waals surface area (Å²) < 4.78 is 16.7. The largest absolute Gasteiger partial charge is 0.329 e. The zero-order valence-corrected chi connectivity index (χ0v) is 9.40. The van der Waals surface area contributed by atoms with Crippen molar-refractivity contribution < 1.29 is 9.09 Å². The first-order valence-electron chi connectivity index (χ1n) is 4.83. The highest BCUT2D eigenvalue weighted by Crippen LogP contribution is 2.43. The summed E-state index contributed by atoms with van der Waals surface area (Å²) in [6.45, 7) is 6.38. The molecule has 0 radical (unpaired) electrons. The second kappa shape index (κ2) is 6.68. The van der Waals surface area contributed by atoms with Crippen molar-refractivity contribution in [3.63, 3.8) is 0 Å². The molecule has 1 unspecified atom stereocenters. The Morgan fingerprint density at radius 1 is 1.17 bits per heavy atom.